The van der Waals surface area contributed by atoms with Crippen molar-refractivity contribution in [3.63, 3.8) is 0 Å². The lowest BCUT2D eigenvalue weighted by molar-refractivity contribution is 0.295. The Bertz CT molecular complexity index is 433. The van der Waals surface area contributed by atoms with Crippen LogP contribution in [0.4, 0.5) is 0 Å². The minimum atomic E-state index is 0.561. The molecule has 1 heterocycles. The van der Waals surface area contributed by atoms with Gasteiger partial charge in [0.05, 0.1) is 0 Å². The fourth-order valence-electron chi connectivity index (χ4n) is 3.95. The van der Waals surface area contributed by atoms with E-state index in [4.69, 9.17) is 0 Å². The highest BCUT2D eigenvalue weighted by Gasteiger charge is 2.38. The zero-order chi connectivity index (χ0) is 14.0. The molecule has 110 valence electrons. The van der Waals surface area contributed by atoms with Crippen molar-refractivity contribution >= 4 is 11.8 Å². The molecular weight excluding hydrogens is 262 g/mol. The van der Waals surface area contributed by atoms with Gasteiger partial charge in [0, 0.05) is 16.2 Å². The zero-order valence-electron chi connectivity index (χ0n) is 12.8. The minimum absolute atomic E-state index is 0.561. The van der Waals surface area contributed by atoms with Gasteiger partial charge in [0.2, 0.25) is 0 Å². The van der Waals surface area contributed by atoms with Crippen LogP contribution < -0.4 is 5.32 Å². The van der Waals surface area contributed by atoms with Crippen LogP contribution in [0.15, 0.2) is 29.2 Å². The molecule has 1 aromatic carbocycles. The minimum Gasteiger partial charge on any atom is -0.314 e. The third-order valence-corrected chi connectivity index (χ3v) is 6.27. The van der Waals surface area contributed by atoms with Crippen LogP contribution in [0.25, 0.3) is 0 Å². The molecule has 3 rings (SSSR count). The molecular formula is C18H27NS. The van der Waals surface area contributed by atoms with E-state index in [0.717, 1.165) is 11.3 Å². The Labute approximate surface area is 127 Å². The van der Waals surface area contributed by atoms with Crippen LogP contribution in [0.2, 0.25) is 0 Å². The lowest BCUT2D eigenvalue weighted by Crippen LogP contribution is -2.29. The summed E-state index contributed by atoms with van der Waals surface area (Å²) in [5, 5.41) is 4.53. The first-order chi connectivity index (χ1) is 9.68. The van der Waals surface area contributed by atoms with Crippen LogP contribution in [0.5, 0.6) is 0 Å². The molecule has 1 nitrogen and oxygen atoms in total. The standard InChI is InChI=1S/C18H27NS/c1-3-10-19-15-8-9-18(2,12-15)13-16-11-14-6-4-5-7-17(14)20-16/h4-7,15-16,19H,3,8-13H2,1-2H3. The molecule has 1 aromatic rings. The molecule has 0 aromatic heterocycles. The second kappa shape index (κ2) is 6.11. The van der Waals surface area contributed by atoms with E-state index in [1.54, 1.807) is 5.56 Å². The first-order valence-corrected chi connectivity index (χ1v) is 9.04. The molecule has 20 heavy (non-hydrogen) atoms. The van der Waals surface area contributed by atoms with Crippen LogP contribution >= 0.6 is 11.8 Å². The maximum absolute atomic E-state index is 3.72. The Hall–Kier alpha value is -0.470. The number of rotatable bonds is 5. The normalized spacial score (nSPS) is 32.5. The van der Waals surface area contributed by atoms with Crippen LogP contribution in [0.3, 0.4) is 0 Å². The van der Waals surface area contributed by atoms with E-state index in [0.29, 0.717) is 5.41 Å². The summed E-state index contributed by atoms with van der Waals surface area (Å²) in [6, 6.07) is 9.74. The maximum atomic E-state index is 3.72. The first-order valence-electron chi connectivity index (χ1n) is 8.16. The van der Waals surface area contributed by atoms with Gasteiger partial charge < -0.3 is 5.32 Å². The lowest BCUT2D eigenvalue weighted by atomic mass is 9.82. The van der Waals surface area contributed by atoms with E-state index in [2.05, 4.69) is 55.2 Å². The summed E-state index contributed by atoms with van der Waals surface area (Å²) in [6.45, 7) is 5.96. The van der Waals surface area contributed by atoms with Gasteiger partial charge in [-0.2, -0.15) is 0 Å². The van der Waals surface area contributed by atoms with Gasteiger partial charge in [0.25, 0.3) is 0 Å². The van der Waals surface area contributed by atoms with Crippen LogP contribution in [0, 0.1) is 5.41 Å². The molecule has 1 aliphatic carbocycles. The fraction of sp³-hybridized carbons (Fsp3) is 0.667. The molecule has 2 aliphatic rings. The molecule has 0 bridgehead atoms. The molecule has 1 aliphatic heterocycles. The van der Waals surface area contributed by atoms with Gasteiger partial charge in [-0.1, -0.05) is 32.0 Å². The molecule has 1 saturated carbocycles. The topological polar surface area (TPSA) is 12.0 Å². The number of hydrogen-bond donors (Lipinski definition) is 1. The van der Waals surface area contributed by atoms with E-state index < -0.39 is 0 Å². The molecule has 0 radical (unpaired) electrons. The molecule has 3 atom stereocenters. The van der Waals surface area contributed by atoms with Gasteiger partial charge in [-0.05, 0) is 62.1 Å². The van der Waals surface area contributed by atoms with E-state index >= 15 is 0 Å². The molecule has 3 unspecified atom stereocenters. The smallest absolute Gasteiger partial charge is 0.0140 e. The molecule has 0 spiro atoms. The average molecular weight is 289 g/mol. The highest BCUT2D eigenvalue weighted by Crippen LogP contribution is 2.48. The largest absolute Gasteiger partial charge is 0.314 e. The number of fused-ring (bicyclic) bond motifs is 1. The third kappa shape index (κ3) is 3.23. The zero-order valence-corrected chi connectivity index (χ0v) is 13.6. The van der Waals surface area contributed by atoms with Crippen LogP contribution in [-0.2, 0) is 6.42 Å². The van der Waals surface area contributed by atoms with Crippen molar-refractivity contribution in [2.45, 2.75) is 68.6 Å². The van der Waals surface area contributed by atoms with Crippen molar-refractivity contribution in [3.8, 4) is 0 Å². The Morgan fingerprint density at radius 2 is 2.20 bits per heavy atom. The van der Waals surface area contributed by atoms with Crippen LogP contribution in [-0.4, -0.2) is 17.8 Å². The van der Waals surface area contributed by atoms with Crippen molar-refractivity contribution in [3.05, 3.63) is 29.8 Å². The van der Waals surface area contributed by atoms with Gasteiger partial charge in [0.1, 0.15) is 0 Å². The van der Waals surface area contributed by atoms with Crippen molar-refractivity contribution in [1.82, 2.24) is 5.32 Å². The van der Waals surface area contributed by atoms with Gasteiger partial charge >= 0.3 is 0 Å². The van der Waals surface area contributed by atoms with Gasteiger partial charge in [-0.25, -0.2) is 0 Å². The average Bonchev–Trinajstić information content (AvgIpc) is 2.99. The molecule has 2 heteroatoms. The predicted octanol–water partition coefficient (Wildman–Crippen LogP) is 4.65. The van der Waals surface area contributed by atoms with Crippen molar-refractivity contribution < 1.29 is 0 Å². The van der Waals surface area contributed by atoms with E-state index in [1.165, 1.54) is 50.0 Å². The highest BCUT2D eigenvalue weighted by atomic mass is 32.2. The summed E-state index contributed by atoms with van der Waals surface area (Å²) in [6.07, 6.45) is 8.07. The lowest BCUT2D eigenvalue weighted by Gasteiger charge is -2.27. The predicted molar refractivity (Wildman–Crippen MR) is 88.4 cm³/mol. The van der Waals surface area contributed by atoms with Gasteiger partial charge in [-0.3, -0.25) is 0 Å². The Kier molecular flexibility index (Phi) is 4.42. The highest BCUT2D eigenvalue weighted by molar-refractivity contribution is 8.00. The monoisotopic (exact) mass is 289 g/mol. The van der Waals surface area contributed by atoms with Crippen molar-refractivity contribution in [2.75, 3.05) is 6.54 Å². The Balaban J connectivity index is 1.54. The maximum Gasteiger partial charge on any atom is 0.0140 e. The first kappa shape index (κ1) is 14.5. The van der Waals surface area contributed by atoms with Crippen LogP contribution in [0.1, 0.15) is 51.5 Å². The number of nitrogens with one attached hydrogen (secondary N) is 1. The second-order valence-corrected chi connectivity index (χ2v) is 8.30. The molecule has 1 N–H and O–H groups in total. The summed E-state index contributed by atoms with van der Waals surface area (Å²) < 4.78 is 0. The summed E-state index contributed by atoms with van der Waals surface area (Å²) in [5.74, 6) is 0. The van der Waals surface area contributed by atoms with E-state index in [-0.39, 0.29) is 0 Å². The molecule has 1 fully saturated rings. The summed E-state index contributed by atoms with van der Waals surface area (Å²) in [4.78, 5) is 1.53. The molecule has 0 amide bonds. The van der Waals surface area contributed by atoms with E-state index in [1.807, 2.05) is 0 Å². The number of hydrogen-bond acceptors (Lipinski definition) is 2. The Morgan fingerprint density at radius 1 is 1.35 bits per heavy atom. The quantitative estimate of drug-likeness (QED) is 0.846. The Morgan fingerprint density at radius 3 is 3.00 bits per heavy atom. The summed E-state index contributed by atoms with van der Waals surface area (Å²) >= 11 is 2.12. The number of benzene rings is 1. The second-order valence-electron chi connectivity index (χ2n) is 6.96. The van der Waals surface area contributed by atoms with Gasteiger partial charge in [-0.15, -0.1) is 11.8 Å². The summed E-state index contributed by atoms with van der Waals surface area (Å²) in [7, 11) is 0. The summed E-state index contributed by atoms with van der Waals surface area (Å²) in [5.41, 5.74) is 2.13. The molecule has 0 saturated heterocycles. The van der Waals surface area contributed by atoms with Crippen molar-refractivity contribution in [1.29, 1.82) is 0 Å². The van der Waals surface area contributed by atoms with Gasteiger partial charge in [0.15, 0.2) is 0 Å². The van der Waals surface area contributed by atoms with Crippen molar-refractivity contribution in [2.24, 2.45) is 5.41 Å². The third-order valence-electron chi connectivity index (χ3n) is 4.95. The number of thioether (sulfide) groups is 1. The SMILES string of the molecule is CCCNC1CCC(C)(CC2Cc3ccccc3S2)C1. The fourth-order valence-corrected chi connectivity index (χ4v) is 5.51. The van der Waals surface area contributed by atoms with E-state index in [9.17, 15) is 0 Å².